The number of para-hydroxylation sites is 1. The van der Waals surface area contributed by atoms with Gasteiger partial charge in [-0.1, -0.05) is 30.3 Å². The molecule has 1 aliphatic heterocycles. The third kappa shape index (κ3) is 2.27. The van der Waals surface area contributed by atoms with Crippen molar-refractivity contribution in [1.82, 2.24) is 5.32 Å². The summed E-state index contributed by atoms with van der Waals surface area (Å²) in [6.45, 7) is 1.27. The maximum atomic E-state index is 13.6. The highest BCUT2D eigenvalue weighted by atomic mass is 19.1. The number of nitrogens with one attached hydrogen (secondary N) is 1. The number of halogens is 1. The van der Waals surface area contributed by atoms with Crippen LogP contribution in [0.1, 0.15) is 24.2 Å². The van der Waals surface area contributed by atoms with E-state index in [9.17, 15) is 19.1 Å². The summed E-state index contributed by atoms with van der Waals surface area (Å²) in [5, 5.41) is 13.6. The molecule has 0 saturated heterocycles. The predicted octanol–water partition coefficient (Wildman–Crippen LogP) is 1.87. The van der Waals surface area contributed by atoms with Gasteiger partial charge in [-0.3, -0.25) is 9.59 Å². The van der Waals surface area contributed by atoms with Crippen LogP contribution in [0.5, 0.6) is 0 Å². The van der Waals surface area contributed by atoms with E-state index in [1.54, 1.807) is 31.3 Å². The minimum atomic E-state index is -1.69. The zero-order chi connectivity index (χ0) is 17.5. The van der Waals surface area contributed by atoms with Gasteiger partial charge in [-0.25, -0.2) is 4.39 Å². The molecule has 0 bridgehead atoms. The van der Waals surface area contributed by atoms with Crippen molar-refractivity contribution in [2.24, 2.45) is 0 Å². The molecule has 0 aromatic heterocycles. The lowest BCUT2D eigenvalue weighted by Crippen LogP contribution is -2.55. The molecule has 1 heterocycles. The molecular weight excluding hydrogens is 311 g/mol. The van der Waals surface area contributed by atoms with Crippen LogP contribution in [-0.4, -0.2) is 24.0 Å². The number of carbonyl (C=O) groups is 2. The molecule has 2 amide bonds. The average Bonchev–Trinajstić information content (AvgIpc) is 2.77. The minimum absolute atomic E-state index is 0.210. The molecule has 0 unspecified atom stereocenters. The Bertz CT molecular complexity index is 823. The van der Waals surface area contributed by atoms with Crippen LogP contribution in [0.4, 0.5) is 10.1 Å². The van der Waals surface area contributed by atoms with Crippen LogP contribution in [0.15, 0.2) is 48.5 Å². The Kier molecular flexibility index (Phi) is 3.85. The van der Waals surface area contributed by atoms with Gasteiger partial charge in [0.2, 0.25) is 5.91 Å². The first-order valence-corrected chi connectivity index (χ1v) is 7.48. The highest BCUT2D eigenvalue weighted by molar-refractivity contribution is 6.09. The minimum Gasteiger partial charge on any atom is -0.385 e. The molecule has 24 heavy (non-hydrogen) atoms. The first-order valence-electron chi connectivity index (χ1n) is 7.48. The van der Waals surface area contributed by atoms with E-state index in [0.29, 0.717) is 11.3 Å². The van der Waals surface area contributed by atoms with Crippen LogP contribution >= 0.6 is 0 Å². The van der Waals surface area contributed by atoms with Crippen LogP contribution in [0.2, 0.25) is 0 Å². The van der Waals surface area contributed by atoms with Crippen molar-refractivity contribution in [1.29, 1.82) is 0 Å². The van der Waals surface area contributed by atoms with E-state index in [1.165, 1.54) is 30.0 Å². The van der Waals surface area contributed by atoms with Crippen molar-refractivity contribution < 1.29 is 19.1 Å². The summed E-state index contributed by atoms with van der Waals surface area (Å²) in [6.07, 6.45) is -1.43. The molecule has 2 aromatic carbocycles. The zero-order valence-corrected chi connectivity index (χ0v) is 13.3. The van der Waals surface area contributed by atoms with Gasteiger partial charge in [0, 0.05) is 25.2 Å². The zero-order valence-electron chi connectivity index (χ0n) is 13.3. The van der Waals surface area contributed by atoms with Gasteiger partial charge in [0.05, 0.1) is 0 Å². The number of fused-ring (bicyclic) bond motifs is 1. The number of carbonyl (C=O) groups excluding carboxylic acids is 2. The van der Waals surface area contributed by atoms with Gasteiger partial charge in [0.15, 0.2) is 5.54 Å². The monoisotopic (exact) mass is 328 g/mol. The highest BCUT2D eigenvalue weighted by Crippen LogP contribution is 2.46. The highest BCUT2D eigenvalue weighted by Gasteiger charge is 2.55. The molecule has 0 radical (unpaired) electrons. The van der Waals surface area contributed by atoms with E-state index in [0.717, 1.165) is 6.07 Å². The van der Waals surface area contributed by atoms with Crippen molar-refractivity contribution in [3.63, 3.8) is 0 Å². The number of aliphatic hydroxyl groups is 1. The lowest BCUT2D eigenvalue weighted by molar-refractivity contribution is -0.135. The third-order valence-corrected chi connectivity index (χ3v) is 4.28. The van der Waals surface area contributed by atoms with Gasteiger partial charge >= 0.3 is 0 Å². The first-order chi connectivity index (χ1) is 11.4. The van der Waals surface area contributed by atoms with Crippen LogP contribution in [0, 0.1) is 5.82 Å². The van der Waals surface area contributed by atoms with Crippen molar-refractivity contribution in [2.45, 2.75) is 18.6 Å². The summed E-state index contributed by atoms with van der Waals surface area (Å²) >= 11 is 0. The first kappa shape index (κ1) is 16.1. The van der Waals surface area contributed by atoms with Gasteiger partial charge in [0.1, 0.15) is 11.9 Å². The molecule has 124 valence electrons. The normalized spacial score (nSPS) is 20.7. The number of amides is 2. The Hall–Kier alpha value is -2.73. The van der Waals surface area contributed by atoms with Gasteiger partial charge in [-0.15, -0.1) is 0 Å². The van der Waals surface area contributed by atoms with Crippen molar-refractivity contribution in [3.05, 3.63) is 65.5 Å². The molecule has 5 nitrogen and oxygen atoms in total. The topological polar surface area (TPSA) is 69.6 Å². The largest absolute Gasteiger partial charge is 0.385 e. The summed E-state index contributed by atoms with van der Waals surface area (Å²) < 4.78 is 13.6. The molecule has 2 atom stereocenters. The smallest absolute Gasteiger partial charge is 0.260 e. The van der Waals surface area contributed by atoms with Crippen molar-refractivity contribution >= 4 is 17.5 Å². The lowest BCUT2D eigenvalue weighted by atomic mass is 9.82. The second kappa shape index (κ2) is 5.72. The third-order valence-electron chi connectivity index (χ3n) is 4.28. The van der Waals surface area contributed by atoms with E-state index in [4.69, 9.17) is 0 Å². The maximum Gasteiger partial charge on any atom is 0.260 e. The fraction of sp³-hybridized carbons (Fsp3) is 0.222. The summed E-state index contributed by atoms with van der Waals surface area (Å²) in [5.41, 5.74) is -0.413. The molecule has 0 aliphatic carbocycles. The van der Waals surface area contributed by atoms with Crippen LogP contribution in [0.3, 0.4) is 0 Å². The Morgan fingerprint density at radius 3 is 2.62 bits per heavy atom. The number of aliphatic hydroxyl groups excluding tert-OH is 1. The van der Waals surface area contributed by atoms with E-state index in [-0.39, 0.29) is 5.56 Å². The molecular formula is C18H17FN2O3. The number of hydrogen-bond acceptors (Lipinski definition) is 3. The summed E-state index contributed by atoms with van der Waals surface area (Å²) in [5.74, 6) is -1.48. The molecule has 0 fully saturated rings. The summed E-state index contributed by atoms with van der Waals surface area (Å²) in [4.78, 5) is 26.2. The fourth-order valence-corrected chi connectivity index (χ4v) is 3.25. The molecule has 0 saturated carbocycles. The average molecular weight is 328 g/mol. The molecule has 6 heteroatoms. The standard InChI is InChI=1S/C18H17FN2O3/c1-11(22)20-18(16(23)12-6-5-7-13(19)10-12)14-8-3-4-9-15(14)21(2)17(18)24/h3-10,16,23H,1-2H3,(H,20,22)/t16-,18+/m1/s1. The number of nitrogens with zero attached hydrogens (tertiary/aromatic N) is 1. The predicted molar refractivity (Wildman–Crippen MR) is 86.7 cm³/mol. The Morgan fingerprint density at radius 1 is 1.25 bits per heavy atom. The second-order valence-electron chi connectivity index (χ2n) is 5.83. The lowest BCUT2D eigenvalue weighted by Gasteiger charge is -2.34. The Labute approximate surface area is 138 Å². The fourth-order valence-electron chi connectivity index (χ4n) is 3.25. The van der Waals surface area contributed by atoms with Crippen molar-refractivity contribution in [3.8, 4) is 0 Å². The van der Waals surface area contributed by atoms with Crippen LogP contribution in [-0.2, 0) is 15.1 Å². The number of likely N-dealkylation sites (N-methyl/N-ethyl adjacent to an activating group) is 1. The van der Waals surface area contributed by atoms with Gasteiger partial charge in [-0.2, -0.15) is 0 Å². The second-order valence-corrected chi connectivity index (χ2v) is 5.83. The Morgan fingerprint density at radius 2 is 1.96 bits per heavy atom. The molecule has 3 rings (SSSR count). The molecule has 1 aliphatic rings. The van der Waals surface area contributed by atoms with Gasteiger partial charge in [-0.05, 0) is 23.8 Å². The Balaban J connectivity index is 2.23. The number of hydrogen-bond donors (Lipinski definition) is 2. The molecule has 2 N–H and O–H groups in total. The SMILES string of the molecule is CC(=O)N[C@@]1([C@H](O)c2cccc(F)c2)C(=O)N(C)c2ccccc21. The number of rotatable bonds is 3. The maximum absolute atomic E-state index is 13.6. The van der Waals surface area contributed by atoms with Crippen molar-refractivity contribution in [2.75, 3.05) is 11.9 Å². The number of benzene rings is 2. The summed E-state index contributed by atoms with van der Waals surface area (Å²) in [7, 11) is 1.57. The van der Waals surface area contributed by atoms with E-state index in [2.05, 4.69) is 5.32 Å². The van der Waals surface area contributed by atoms with Gasteiger partial charge in [0.25, 0.3) is 5.91 Å². The van der Waals surface area contributed by atoms with Crippen LogP contribution in [0.25, 0.3) is 0 Å². The van der Waals surface area contributed by atoms with E-state index in [1.807, 2.05) is 0 Å². The molecule has 2 aromatic rings. The van der Waals surface area contributed by atoms with Gasteiger partial charge < -0.3 is 15.3 Å². The number of anilines is 1. The van der Waals surface area contributed by atoms with E-state index < -0.39 is 29.3 Å². The summed E-state index contributed by atoms with van der Waals surface area (Å²) in [6, 6.07) is 12.3. The van der Waals surface area contributed by atoms with E-state index >= 15 is 0 Å². The van der Waals surface area contributed by atoms with Crippen LogP contribution < -0.4 is 10.2 Å². The molecule has 0 spiro atoms. The quantitative estimate of drug-likeness (QED) is 0.904.